The van der Waals surface area contributed by atoms with Crippen LogP contribution in [0.25, 0.3) is 0 Å². The average molecular weight is 318 g/mol. The van der Waals surface area contributed by atoms with Gasteiger partial charge in [-0.25, -0.2) is 0 Å². The molecule has 2 aromatic heterocycles. The summed E-state index contributed by atoms with van der Waals surface area (Å²) < 4.78 is 6.44. The quantitative estimate of drug-likeness (QED) is 0.772. The molecule has 0 bridgehead atoms. The van der Waals surface area contributed by atoms with Crippen molar-refractivity contribution in [3.63, 3.8) is 0 Å². The zero-order valence-corrected chi connectivity index (χ0v) is 12.9. The van der Waals surface area contributed by atoms with Crippen molar-refractivity contribution in [3.05, 3.63) is 44.0 Å². The van der Waals surface area contributed by atoms with E-state index in [-0.39, 0.29) is 12.3 Å². The number of furan rings is 1. The number of rotatable bonds is 5. The Hall–Kier alpha value is -0.810. The largest absolute Gasteiger partial charge is 0.465 e. The summed E-state index contributed by atoms with van der Waals surface area (Å²) in [6.07, 6.45) is 0. The Balaban J connectivity index is 1.97. The third-order valence-electron chi connectivity index (χ3n) is 2.59. The minimum absolute atomic E-state index is 0.0427. The Labute approximate surface area is 125 Å². The molecule has 0 aliphatic carbocycles. The summed E-state index contributed by atoms with van der Waals surface area (Å²) in [5.41, 5.74) is 0.485. The van der Waals surface area contributed by atoms with Crippen LogP contribution in [0.2, 0.25) is 8.67 Å². The Morgan fingerprint density at radius 2 is 2.16 bits per heavy atom. The number of halogens is 2. The minimum atomic E-state index is -0.0427. The summed E-state index contributed by atoms with van der Waals surface area (Å²) in [5, 5.41) is 0. The second-order valence-corrected chi connectivity index (χ2v) is 6.63. The van der Waals surface area contributed by atoms with E-state index >= 15 is 0 Å². The van der Waals surface area contributed by atoms with E-state index in [0.717, 1.165) is 11.5 Å². The first-order valence-corrected chi connectivity index (χ1v) is 7.25. The maximum absolute atomic E-state index is 12.1. The van der Waals surface area contributed by atoms with Crippen molar-refractivity contribution in [1.82, 2.24) is 4.90 Å². The number of likely N-dealkylation sites (N-methyl/N-ethyl adjacent to an activating group) is 1. The maximum atomic E-state index is 12.1. The van der Waals surface area contributed by atoms with Gasteiger partial charge in [0.2, 0.25) is 0 Å². The molecule has 0 spiro atoms. The van der Waals surface area contributed by atoms with Crippen molar-refractivity contribution in [3.8, 4) is 0 Å². The first-order chi connectivity index (χ1) is 8.95. The number of hydrogen-bond donors (Lipinski definition) is 0. The van der Waals surface area contributed by atoms with E-state index in [1.165, 1.54) is 11.3 Å². The molecule has 0 amide bonds. The SMILES string of the molecule is Cc1ccc(CN(C)CC(=O)c2cc(Cl)sc2Cl)o1. The molecule has 2 heterocycles. The Morgan fingerprint density at radius 3 is 2.68 bits per heavy atom. The van der Waals surface area contributed by atoms with E-state index in [4.69, 9.17) is 27.6 Å². The molecule has 2 aromatic rings. The fourth-order valence-electron chi connectivity index (χ4n) is 1.75. The molecule has 6 heteroatoms. The van der Waals surface area contributed by atoms with Crippen LogP contribution in [-0.4, -0.2) is 24.3 Å². The lowest BCUT2D eigenvalue weighted by atomic mass is 10.2. The highest BCUT2D eigenvalue weighted by Gasteiger charge is 2.16. The summed E-state index contributed by atoms with van der Waals surface area (Å²) in [7, 11) is 1.86. The van der Waals surface area contributed by atoms with Crippen LogP contribution >= 0.6 is 34.5 Å². The molecule has 0 N–H and O–H groups in total. The second-order valence-electron chi connectivity index (χ2n) is 4.35. The highest BCUT2D eigenvalue weighted by molar-refractivity contribution is 7.20. The van der Waals surface area contributed by atoms with Gasteiger partial charge in [0.05, 0.1) is 23.0 Å². The number of carbonyl (C=O) groups is 1. The van der Waals surface area contributed by atoms with Crippen LogP contribution in [0.4, 0.5) is 0 Å². The number of Topliss-reactive ketones (excluding diaryl/α,β-unsaturated/α-hetero) is 1. The highest BCUT2D eigenvalue weighted by Crippen LogP contribution is 2.31. The van der Waals surface area contributed by atoms with Crippen LogP contribution in [0.1, 0.15) is 21.9 Å². The normalized spacial score (nSPS) is 11.2. The standard InChI is InChI=1S/C13H13Cl2NO2S/c1-8-3-4-9(18-8)6-16(2)7-11(17)10-5-12(14)19-13(10)15/h3-5H,6-7H2,1-2H3. The molecule has 102 valence electrons. The van der Waals surface area contributed by atoms with Gasteiger partial charge in [-0.2, -0.15) is 0 Å². The number of nitrogens with zero attached hydrogens (tertiary/aromatic N) is 1. The van der Waals surface area contributed by atoms with Crippen molar-refractivity contribution in [2.24, 2.45) is 0 Å². The van der Waals surface area contributed by atoms with Crippen molar-refractivity contribution in [2.75, 3.05) is 13.6 Å². The van der Waals surface area contributed by atoms with E-state index in [0.29, 0.717) is 20.8 Å². The molecule has 0 saturated heterocycles. The molecule has 0 saturated carbocycles. The van der Waals surface area contributed by atoms with Gasteiger partial charge in [-0.05, 0) is 32.2 Å². The molecule has 0 unspecified atom stereocenters. The second kappa shape index (κ2) is 6.09. The van der Waals surface area contributed by atoms with E-state index < -0.39 is 0 Å². The van der Waals surface area contributed by atoms with E-state index in [1.54, 1.807) is 6.07 Å². The molecular weight excluding hydrogens is 305 g/mol. The fourth-order valence-corrected chi connectivity index (χ4v) is 3.25. The van der Waals surface area contributed by atoms with Crippen molar-refractivity contribution in [1.29, 1.82) is 0 Å². The zero-order valence-electron chi connectivity index (χ0n) is 10.6. The van der Waals surface area contributed by atoms with E-state index in [9.17, 15) is 4.79 Å². The third kappa shape index (κ3) is 3.83. The first kappa shape index (κ1) is 14.6. The van der Waals surface area contributed by atoms with Gasteiger partial charge in [-0.15, -0.1) is 11.3 Å². The van der Waals surface area contributed by atoms with Gasteiger partial charge in [0, 0.05) is 0 Å². The molecule has 2 rings (SSSR count). The van der Waals surface area contributed by atoms with E-state index in [2.05, 4.69) is 0 Å². The van der Waals surface area contributed by atoms with Gasteiger partial charge in [0.15, 0.2) is 5.78 Å². The van der Waals surface area contributed by atoms with Gasteiger partial charge in [0.1, 0.15) is 15.9 Å². The number of hydrogen-bond acceptors (Lipinski definition) is 4. The van der Waals surface area contributed by atoms with Gasteiger partial charge in [-0.1, -0.05) is 23.2 Å². The van der Waals surface area contributed by atoms with Crippen molar-refractivity contribution >= 4 is 40.3 Å². The highest BCUT2D eigenvalue weighted by atomic mass is 35.5. The van der Waals surface area contributed by atoms with Crippen LogP contribution < -0.4 is 0 Å². The average Bonchev–Trinajstić information content (AvgIpc) is 2.84. The molecule has 0 fully saturated rings. The summed E-state index contributed by atoms with van der Waals surface area (Å²) in [4.78, 5) is 14.0. The fraction of sp³-hybridized carbons (Fsp3) is 0.308. The van der Waals surface area contributed by atoms with Crippen LogP contribution in [0.3, 0.4) is 0 Å². The molecule has 19 heavy (non-hydrogen) atoms. The summed E-state index contributed by atoms with van der Waals surface area (Å²) in [6.45, 7) is 2.74. The van der Waals surface area contributed by atoms with Crippen LogP contribution in [0.15, 0.2) is 22.6 Å². The van der Waals surface area contributed by atoms with Crippen molar-refractivity contribution < 1.29 is 9.21 Å². The topological polar surface area (TPSA) is 33.5 Å². The van der Waals surface area contributed by atoms with Crippen LogP contribution in [0, 0.1) is 6.92 Å². The number of carbonyl (C=O) groups excluding carboxylic acids is 1. The lowest BCUT2D eigenvalue weighted by Gasteiger charge is -2.13. The zero-order chi connectivity index (χ0) is 14.0. The monoisotopic (exact) mass is 317 g/mol. The minimum Gasteiger partial charge on any atom is -0.465 e. The Bertz CT molecular complexity index is 591. The van der Waals surface area contributed by atoms with Crippen molar-refractivity contribution in [2.45, 2.75) is 13.5 Å². The Morgan fingerprint density at radius 1 is 1.42 bits per heavy atom. The first-order valence-electron chi connectivity index (χ1n) is 5.67. The van der Waals surface area contributed by atoms with Crippen LogP contribution in [-0.2, 0) is 6.54 Å². The molecule has 0 atom stereocenters. The number of aryl methyl sites for hydroxylation is 1. The molecule has 0 aliphatic rings. The molecule has 0 aromatic carbocycles. The predicted octanol–water partition coefficient (Wildman–Crippen LogP) is 4.27. The lowest BCUT2D eigenvalue weighted by molar-refractivity contribution is 0.0940. The summed E-state index contributed by atoms with van der Waals surface area (Å²) >= 11 is 13.0. The third-order valence-corrected chi connectivity index (χ3v) is 4.08. The van der Waals surface area contributed by atoms with Gasteiger partial charge < -0.3 is 4.42 Å². The summed E-state index contributed by atoms with van der Waals surface area (Å²) in [5.74, 6) is 1.66. The lowest BCUT2D eigenvalue weighted by Crippen LogP contribution is -2.25. The van der Waals surface area contributed by atoms with Crippen LogP contribution in [0.5, 0.6) is 0 Å². The van der Waals surface area contributed by atoms with Gasteiger partial charge in [0.25, 0.3) is 0 Å². The smallest absolute Gasteiger partial charge is 0.179 e. The predicted molar refractivity (Wildman–Crippen MR) is 78.4 cm³/mol. The maximum Gasteiger partial charge on any atom is 0.179 e. The molecule has 0 radical (unpaired) electrons. The molecule has 0 aliphatic heterocycles. The van der Waals surface area contributed by atoms with Gasteiger partial charge in [-0.3, -0.25) is 9.69 Å². The van der Waals surface area contributed by atoms with Gasteiger partial charge >= 0.3 is 0 Å². The molecular formula is C13H13Cl2NO2S. The Kier molecular flexibility index (Phi) is 4.68. The molecule has 3 nitrogen and oxygen atoms in total. The number of thiophene rings is 1. The summed E-state index contributed by atoms with van der Waals surface area (Å²) in [6, 6.07) is 5.42. The van der Waals surface area contributed by atoms with E-state index in [1.807, 2.05) is 31.0 Å². The number of ketones is 1.